The lowest BCUT2D eigenvalue weighted by molar-refractivity contribution is -0.148. The molecule has 5 rings (SSSR count). The standard InChI is InChI=1S/C26H27ClN6O2/c1-3-35-25(34)18-11-13-32(14-12-18)26-29-22(17-7-9-19(27)10-8-17)21-23(28)33(31-24(21)30-26)20-6-4-5-16(2)15-20/h4-10,15,18H,3,11-14,28H2,1-2H3. The van der Waals surface area contributed by atoms with E-state index in [1.165, 1.54) is 0 Å². The summed E-state index contributed by atoms with van der Waals surface area (Å²) in [6.45, 7) is 5.57. The number of hydrogen-bond donors (Lipinski definition) is 1. The van der Waals surface area contributed by atoms with E-state index in [0.29, 0.717) is 66.1 Å². The molecule has 0 spiro atoms. The number of carbonyl (C=O) groups excluding carboxylic acids is 1. The Morgan fingerprint density at radius 1 is 1.14 bits per heavy atom. The van der Waals surface area contributed by atoms with Crippen molar-refractivity contribution in [3.05, 3.63) is 59.1 Å². The third-order valence-corrected chi connectivity index (χ3v) is 6.57. The van der Waals surface area contributed by atoms with Crippen molar-refractivity contribution in [2.75, 3.05) is 30.3 Å². The summed E-state index contributed by atoms with van der Waals surface area (Å²) < 4.78 is 6.92. The first kappa shape index (κ1) is 23.1. The number of piperidine rings is 1. The fraction of sp³-hybridized carbons (Fsp3) is 0.308. The summed E-state index contributed by atoms with van der Waals surface area (Å²) in [5.74, 6) is 0.818. The Kier molecular flexibility index (Phi) is 6.30. The first-order valence-electron chi connectivity index (χ1n) is 11.8. The maximum atomic E-state index is 12.2. The molecule has 0 radical (unpaired) electrons. The summed E-state index contributed by atoms with van der Waals surface area (Å²) in [5.41, 5.74) is 10.7. The van der Waals surface area contributed by atoms with Crippen LogP contribution in [0.25, 0.3) is 28.0 Å². The highest BCUT2D eigenvalue weighted by Gasteiger charge is 2.28. The van der Waals surface area contributed by atoms with Crippen molar-refractivity contribution in [1.29, 1.82) is 0 Å². The quantitative estimate of drug-likeness (QED) is 0.401. The molecule has 9 heteroatoms. The maximum Gasteiger partial charge on any atom is 0.309 e. The van der Waals surface area contributed by atoms with Gasteiger partial charge < -0.3 is 15.4 Å². The van der Waals surface area contributed by atoms with Crippen molar-refractivity contribution in [1.82, 2.24) is 19.7 Å². The number of hydrogen-bond acceptors (Lipinski definition) is 7. The van der Waals surface area contributed by atoms with Crippen LogP contribution < -0.4 is 10.6 Å². The molecule has 8 nitrogen and oxygen atoms in total. The molecule has 35 heavy (non-hydrogen) atoms. The lowest BCUT2D eigenvalue weighted by Crippen LogP contribution is -2.38. The SMILES string of the molecule is CCOC(=O)C1CCN(c2nc(-c3ccc(Cl)cc3)c3c(N)n(-c4cccc(C)c4)nc3n2)CC1. The number of carbonyl (C=O) groups is 1. The molecule has 0 amide bonds. The van der Waals surface area contributed by atoms with E-state index in [9.17, 15) is 4.79 Å². The number of fused-ring (bicyclic) bond motifs is 1. The van der Waals surface area contributed by atoms with E-state index in [4.69, 9.17) is 37.1 Å². The predicted molar refractivity (Wildman–Crippen MR) is 138 cm³/mol. The lowest BCUT2D eigenvalue weighted by Gasteiger charge is -2.31. The van der Waals surface area contributed by atoms with Crippen LogP contribution in [0.5, 0.6) is 0 Å². The Morgan fingerprint density at radius 3 is 2.57 bits per heavy atom. The Labute approximate surface area is 208 Å². The Bertz CT molecular complexity index is 1380. The number of aromatic nitrogens is 4. The minimum atomic E-state index is -0.130. The van der Waals surface area contributed by atoms with Crippen LogP contribution >= 0.6 is 11.6 Å². The van der Waals surface area contributed by atoms with E-state index in [0.717, 1.165) is 16.8 Å². The Balaban J connectivity index is 1.58. The van der Waals surface area contributed by atoms with E-state index in [1.807, 2.05) is 62.4 Å². The molecule has 0 aliphatic carbocycles. The largest absolute Gasteiger partial charge is 0.466 e. The topological polar surface area (TPSA) is 99.2 Å². The van der Waals surface area contributed by atoms with E-state index >= 15 is 0 Å². The van der Waals surface area contributed by atoms with Gasteiger partial charge in [-0.3, -0.25) is 4.79 Å². The number of nitrogens with zero attached hydrogens (tertiary/aromatic N) is 5. The number of esters is 1. The molecule has 0 bridgehead atoms. The zero-order valence-corrected chi connectivity index (χ0v) is 20.5. The highest BCUT2D eigenvalue weighted by atomic mass is 35.5. The van der Waals surface area contributed by atoms with Crippen molar-refractivity contribution in [3.8, 4) is 16.9 Å². The van der Waals surface area contributed by atoms with Crippen LogP contribution in [0.4, 0.5) is 11.8 Å². The van der Waals surface area contributed by atoms with Gasteiger partial charge in [0.15, 0.2) is 5.65 Å². The van der Waals surface area contributed by atoms with Gasteiger partial charge in [-0.1, -0.05) is 35.9 Å². The highest BCUT2D eigenvalue weighted by Crippen LogP contribution is 2.34. The van der Waals surface area contributed by atoms with Crippen LogP contribution in [0.1, 0.15) is 25.3 Å². The number of aryl methyl sites for hydroxylation is 1. The van der Waals surface area contributed by atoms with Gasteiger partial charge in [-0.2, -0.15) is 4.98 Å². The predicted octanol–water partition coefficient (Wildman–Crippen LogP) is 4.81. The van der Waals surface area contributed by atoms with Gasteiger partial charge in [0.25, 0.3) is 0 Å². The van der Waals surface area contributed by atoms with Gasteiger partial charge in [0.1, 0.15) is 5.82 Å². The van der Waals surface area contributed by atoms with Crippen molar-refractivity contribution in [2.24, 2.45) is 5.92 Å². The van der Waals surface area contributed by atoms with E-state index < -0.39 is 0 Å². The smallest absolute Gasteiger partial charge is 0.309 e. The van der Waals surface area contributed by atoms with Crippen molar-refractivity contribution in [3.63, 3.8) is 0 Å². The summed E-state index contributed by atoms with van der Waals surface area (Å²) in [5, 5.41) is 6.10. The first-order chi connectivity index (χ1) is 16.9. The monoisotopic (exact) mass is 490 g/mol. The number of anilines is 2. The third-order valence-electron chi connectivity index (χ3n) is 6.32. The Hall–Kier alpha value is -3.65. The molecule has 3 heterocycles. The van der Waals surface area contributed by atoms with Gasteiger partial charge in [-0.15, -0.1) is 5.10 Å². The molecule has 0 saturated carbocycles. The number of nitrogen functional groups attached to an aromatic ring is 1. The minimum absolute atomic E-state index is 0.0955. The first-order valence-corrected chi connectivity index (χ1v) is 12.1. The van der Waals surface area contributed by atoms with E-state index in [-0.39, 0.29) is 11.9 Å². The van der Waals surface area contributed by atoms with Crippen molar-refractivity contribution in [2.45, 2.75) is 26.7 Å². The van der Waals surface area contributed by atoms with Crippen LogP contribution in [0.3, 0.4) is 0 Å². The van der Waals surface area contributed by atoms with Crippen LogP contribution in [-0.2, 0) is 9.53 Å². The molecule has 1 aliphatic rings. The summed E-state index contributed by atoms with van der Waals surface area (Å²) in [6.07, 6.45) is 1.38. The van der Waals surface area contributed by atoms with Gasteiger partial charge in [-0.05, 0) is 56.5 Å². The van der Waals surface area contributed by atoms with Crippen molar-refractivity contribution >= 4 is 40.4 Å². The number of nitrogens with two attached hydrogens (primary N) is 1. The van der Waals surface area contributed by atoms with Gasteiger partial charge in [0.05, 0.1) is 29.3 Å². The van der Waals surface area contributed by atoms with Crippen LogP contribution in [0, 0.1) is 12.8 Å². The van der Waals surface area contributed by atoms with Gasteiger partial charge in [0, 0.05) is 23.7 Å². The molecule has 2 aromatic heterocycles. The van der Waals surface area contributed by atoms with Gasteiger partial charge in [-0.25, -0.2) is 9.67 Å². The number of halogens is 1. The van der Waals surface area contributed by atoms with Crippen LogP contribution in [0.2, 0.25) is 5.02 Å². The minimum Gasteiger partial charge on any atom is -0.466 e. The Morgan fingerprint density at radius 2 is 1.89 bits per heavy atom. The number of rotatable bonds is 5. The molecule has 0 unspecified atom stereocenters. The molecule has 1 saturated heterocycles. The van der Waals surface area contributed by atoms with E-state index in [1.54, 1.807) is 4.68 Å². The molecule has 1 fully saturated rings. The number of benzene rings is 2. The molecule has 4 aromatic rings. The second kappa shape index (κ2) is 9.54. The fourth-order valence-corrected chi connectivity index (χ4v) is 4.62. The van der Waals surface area contributed by atoms with E-state index in [2.05, 4.69) is 4.90 Å². The zero-order valence-electron chi connectivity index (χ0n) is 19.7. The second-order valence-corrected chi connectivity index (χ2v) is 9.16. The number of ether oxygens (including phenoxy) is 1. The molecule has 0 atom stereocenters. The average Bonchev–Trinajstić information content (AvgIpc) is 3.20. The maximum absolute atomic E-state index is 12.2. The molecular formula is C26H27ClN6O2. The summed E-state index contributed by atoms with van der Waals surface area (Å²) >= 11 is 6.14. The second-order valence-electron chi connectivity index (χ2n) is 8.73. The van der Waals surface area contributed by atoms with Gasteiger partial charge in [0.2, 0.25) is 5.95 Å². The fourth-order valence-electron chi connectivity index (χ4n) is 4.49. The molecular weight excluding hydrogens is 464 g/mol. The average molecular weight is 491 g/mol. The summed E-state index contributed by atoms with van der Waals surface area (Å²) in [7, 11) is 0. The summed E-state index contributed by atoms with van der Waals surface area (Å²) in [4.78, 5) is 24.0. The third kappa shape index (κ3) is 4.53. The summed E-state index contributed by atoms with van der Waals surface area (Å²) in [6, 6.07) is 15.5. The van der Waals surface area contributed by atoms with Crippen molar-refractivity contribution < 1.29 is 9.53 Å². The lowest BCUT2D eigenvalue weighted by atomic mass is 9.97. The highest BCUT2D eigenvalue weighted by molar-refractivity contribution is 6.30. The normalized spacial score (nSPS) is 14.4. The molecule has 2 N–H and O–H groups in total. The van der Waals surface area contributed by atoms with Gasteiger partial charge >= 0.3 is 5.97 Å². The van der Waals surface area contributed by atoms with Crippen LogP contribution in [0.15, 0.2) is 48.5 Å². The van der Waals surface area contributed by atoms with Crippen LogP contribution in [-0.4, -0.2) is 45.4 Å². The molecule has 180 valence electrons. The zero-order chi connectivity index (χ0) is 24.5. The molecule has 1 aliphatic heterocycles. The molecule has 2 aromatic carbocycles.